The van der Waals surface area contributed by atoms with Crippen molar-refractivity contribution in [3.63, 3.8) is 0 Å². The third-order valence-electron chi connectivity index (χ3n) is 2.46. The third kappa shape index (κ3) is 1.35. The number of hydrogen-bond donors (Lipinski definition) is 2. The van der Waals surface area contributed by atoms with Gasteiger partial charge in [-0.2, -0.15) is 5.10 Å². The van der Waals surface area contributed by atoms with Crippen LogP contribution in [0, 0.1) is 6.92 Å². The van der Waals surface area contributed by atoms with Crippen molar-refractivity contribution in [3.05, 3.63) is 23.9 Å². The fraction of sp³-hybridized carbons (Fsp3) is 0.100. The summed E-state index contributed by atoms with van der Waals surface area (Å²) in [5.74, 6) is 0. The van der Waals surface area contributed by atoms with E-state index in [1.165, 1.54) is 11.3 Å². The molecular formula is C10H9N5S. The molecule has 3 aromatic rings. The van der Waals surface area contributed by atoms with Crippen LogP contribution in [0.25, 0.3) is 21.5 Å². The zero-order valence-corrected chi connectivity index (χ0v) is 9.38. The number of nitrogens with zero attached hydrogens (tertiary/aromatic N) is 3. The summed E-state index contributed by atoms with van der Waals surface area (Å²) in [6.07, 6.45) is 1.79. The first kappa shape index (κ1) is 9.29. The molecule has 0 aliphatic rings. The van der Waals surface area contributed by atoms with E-state index in [1.807, 2.05) is 13.0 Å². The Kier molecular flexibility index (Phi) is 1.90. The van der Waals surface area contributed by atoms with Crippen molar-refractivity contribution in [2.24, 2.45) is 0 Å². The number of aromatic nitrogens is 4. The molecule has 0 atom stereocenters. The minimum Gasteiger partial charge on any atom is -0.374 e. The number of nitrogens with two attached hydrogens (primary N) is 1. The molecule has 3 N–H and O–H groups in total. The molecule has 5 nitrogen and oxygen atoms in total. The molecule has 0 spiro atoms. The number of fused-ring (bicyclic) bond motifs is 1. The van der Waals surface area contributed by atoms with Gasteiger partial charge in [0.2, 0.25) is 5.13 Å². The first-order valence-electron chi connectivity index (χ1n) is 4.77. The fourth-order valence-electron chi connectivity index (χ4n) is 1.67. The fourth-order valence-corrected chi connectivity index (χ4v) is 2.36. The van der Waals surface area contributed by atoms with Crippen LogP contribution in [0.3, 0.4) is 0 Å². The number of aryl methyl sites for hydroxylation is 1. The zero-order valence-electron chi connectivity index (χ0n) is 8.56. The van der Waals surface area contributed by atoms with E-state index < -0.39 is 0 Å². The van der Waals surface area contributed by atoms with Crippen molar-refractivity contribution in [2.45, 2.75) is 6.92 Å². The normalized spacial score (nSPS) is 11.1. The number of nitrogen functional groups attached to an aromatic ring is 1. The van der Waals surface area contributed by atoms with Crippen LogP contribution in [0.4, 0.5) is 5.13 Å². The summed E-state index contributed by atoms with van der Waals surface area (Å²) in [6, 6.07) is 4.10. The highest BCUT2D eigenvalue weighted by Crippen LogP contribution is 2.30. The van der Waals surface area contributed by atoms with E-state index in [0.29, 0.717) is 5.13 Å². The second kappa shape index (κ2) is 3.28. The standard InChI is InChI=1S/C10H9N5S/c1-5-2-8-6(4-12-13-8)3-7(5)9-14-15-10(11)16-9/h2-4H,1H3,(H2,11,15)(H,12,13). The molecule has 2 aromatic heterocycles. The topological polar surface area (TPSA) is 80.5 Å². The Morgan fingerprint density at radius 1 is 1.31 bits per heavy atom. The van der Waals surface area contributed by atoms with Gasteiger partial charge in [-0.05, 0) is 24.6 Å². The molecule has 0 saturated carbocycles. The zero-order chi connectivity index (χ0) is 11.1. The molecular weight excluding hydrogens is 222 g/mol. The second-order valence-corrected chi connectivity index (χ2v) is 4.58. The summed E-state index contributed by atoms with van der Waals surface area (Å²) >= 11 is 1.39. The van der Waals surface area contributed by atoms with Crippen molar-refractivity contribution >= 4 is 27.4 Å². The van der Waals surface area contributed by atoms with Gasteiger partial charge in [0, 0.05) is 10.9 Å². The van der Waals surface area contributed by atoms with Gasteiger partial charge < -0.3 is 5.73 Å². The third-order valence-corrected chi connectivity index (χ3v) is 3.24. The lowest BCUT2D eigenvalue weighted by Gasteiger charge is -2.01. The highest BCUT2D eigenvalue weighted by Gasteiger charge is 2.09. The van der Waals surface area contributed by atoms with E-state index in [4.69, 9.17) is 5.73 Å². The van der Waals surface area contributed by atoms with Gasteiger partial charge in [-0.25, -0.2) is 0 Å². The average Bonchev–Trinajstić information content (AvgIpc) is 2.84. The first-order valence-corrected chi connectivity index (χ1v) is 5.59. The quantitative estimate of drug-likeness (QED) is 0.671. The van der Waals surface area contributed by atoms with Crippen LogP contribution >= 0.6 is 11.3 Å². The molecule has 0 aliphatic carbocycles. The molecule has 0 aliphatic heterocycles. The molecule has 16 heavy (non-hydrogen) atoms. The number of nitrogens with one attached hydrogen (secondary N) is 1. The first-order chi connectivity index (χ1) is 7.74. The Balaban J connectivity index is 2.26. The molecule has 2 heterocycles. The summed E-state index contributed by atoms with van der Waals surface area (Å²) in [6.45, 7) is 2.03. The molecule has 0 radical (unpaired) electrons. The van der Waals surface area contributed by atoms with E-state index in [-0.39, 0.29) is 0 Å². The van der Waals surface area contributed by atoms with Crippen molar-refractivity contribution in [2.75, 3.05) is 5.73 Å². The molecule has 80 valence electrons. The Morgan fingerprint density at radius 3 is 2.94 bits per heavy atom. The van der Waals surface area contributed by atoms with Gasteiger partial charge in [0.05, 0.1) is 11.7 Å². The van der Waals surface area contributed by atoms with Crippen LogP contribution in [0.5, 0.6) is 0 Å². The maximum atomic E-state index is 5.59. The molecule has 0 bridgehead atoms. The van der Waals surface area contributed by atoms with Gasteiger partial charge in [-0.3, -0.25) is 5.10 Å². The van der Waals surface area contributed by atoms with Crippen LogP contribution in [0.1, 0.15) is 5.56 Å². The number of H-pyrrole nitrogens is 1. The summed E-state index contributed by atoms with van der Waals surface area (Å²) < 4.78 is 0. The van der Waals surface area contributed by atoms with Gasteiger partial charge >= 0.3 is 0 Å². The highest BCUT2D eigenvalue weighted by molar-refractivity contribution is 7.18. The molecule has 0 unspecified atom stereocenters. The Hall–Kier alpha value is -1.95. The minimum absolute atomic E-state index is 0.488. The lowest BCUT2D eigenvalue weighted by atomic mass is 10.1. The van der Waals surface area contributed by atoms with E-state index in [2.05, 4.69) is 26.5 Å². The van der Waals surface area contributed by atoms with E-state index in [1.54, 1.807) is 6.20 Å². The van der Waals surface area contributed by atoms with E-state index >= 15 is 0 Å². The van der Waals surface area contributed by atoms with Gasteiger partial charge in [-0.1, -0.05) is 11.3 Å². The molecule has 0 fully saturated rings. The molecule has 0 saturated heterocycles. The Labute approximate surface area is 95.3 Å². The van der Waals surface area contributed by atoms with Crippen molar-refractivity contribution in [1.82, 2.24) is 20.4 Å². The maximum Gasteiger partial charge on any atom is 0.203 e. The number of anilines is 1. The minimum atomic E-state index is 0.488. The van der Waals surface area contributed by atoms with Crippen molar-refractivity contribution in [1.29, 1.82) is 0 Å². The number of hydrogen-bond acceptors (Lipinski definition) is 5. The molecule has 1 aromatic carbocycles. The number of benzene rings is 1. The average molecular weight is 231 g/mol. The summed E-state index contributed by atoms with van der Waals surface area (Å²) in [7, 11) is 0. The highest BCUT2D eigenvalue weighted by atomic mass is 32.1. The lowest BCUT2D eigenvalue weighted by Crippen LogP contribution is -1.83. The summed E-state index contributed by atoms with van der Waals surface area (Å²) in [5, 5.41) is 17.2. The SMILES string of the molecule is Cc1cc2[nH]ncc2cc1-c1nnc(N)s1. The Morgan fingerprint density at radius 2 is 2.19 bits per heavy atom. The predicted molar refractivity (Wildman–Crippen MR) is 64.1 cm³/mol. The van der Waals surface area contributed by atoms with Gasteiger partial charge in [0.1, 0.15) is 5.01 Å². The van der Waals surface area contributed by atoms with Crippen LogP contribution in [-0.4, -0.2) is 20.4 Å². The predicted octanol–water partition coefficient (Wildman–Crippen LogP) is 1.97. The van der Waals surface area contributed by atoms with Gasteiger partial charge in [-0.15, -0.1) is 10.2 Å². The van der Waals surface area contributed by atoms with Crippen molar-refractivity contribution in [3.8, 4) is 10.6 Å². The lowest BCUT2D eigenvalue weighted by molar-refractivity contribution is 1.10. The van der Waals surface area contributed by atoms with Gasteiger partial charge in [0.15, 0.2) is 0 Å². The molecule has 6 heteroatoms. The molecule has 0 amide bonds. The maximum absolute atomic E-state index is 5.59. The van der Waals surface area contributed by atoms with Crippen LogP contribution in [-0.2, 0) is 0 Å². The van der Waals surface area contributed by atoms with E-state index in [9.17, 15) is 0 Å². The Bertz CT molecular complexity index is 654. The second-order valence-electron chi connectivity index (χ2n) is 3.57. The smallest absolute Gasteiger partial charge is 0.203 e. The van der Waals surface area contributed by atoms with Gasteiger partial charge in [0.25, 0.3) is 0 Å². The summed E-state index contributed by atoms with van der Waals surface area (Å²) in [5.41, 5.74) is 8.80. The largest absolute Gasteiger partial charge is 0.374 e. The molecule has 3 rings (SSSR count). The van der Waals surface area contributed by atoms with Crippen LogP contribution < -0.4 is 5.73 Å². The number of aromatic amines is 1. The van der Waals surface area contributed by atoms with E-state index in [0.717, 1.165) is 27.0 Å². The van der Waals surface area contributed by atoms with Crippen LogP contribution in [0.2, 0.25) is 0 Å². The number of rotatable bonds is 1. The van der Waals surface area contributed by atoms with Crippen LogP contribution in [0.15, 0.2) is 18.3 Å². The summed E-state index contributed by atoms with van der Waals surface area (Å²) in [4.78, 5) is 0. The monoisotopic (exact) mass is 231 g/mol. The van der Waals surface area contributed by atoms with Crippen molar-refractivity contribution < 1.29 is 0 Å².